The molecule has 0 radical (unpaired) electrons. The number of alkyl halides is 3. The minimum atomic E-state index is -4.40. The van der Waals surface area contributed by atoms with Crippen LogP contribution in [0.25, 0.3) is 0 Å². The van der Waals surface area contributed by atoms with Gasteiger partial charge in [-0.2, -0.15) is 13.2 Å². The van der Waals surface area contributed by atoms with Crippen LogP contribution in [0, 0.1) is 0 Å². The van der Waals surface area contributed by atoms with E-state index < -0.39 is 11.9 Å². The van der Waals surface area contributed by atoms with Gasteiger partial charge in [0.1, 0.15) is 0 Å². The summed E-state index contributed by atoms with van der Waals surface area (Å²) in [4.78, 5) is 6.66. The van der Waals surface area contributed by atoms with Crippen molar-refractivity contribution in [1.29, 1.82) is 0 Å². The van der Waals surface area contributed by atoms with Gasteiger partial charge in [-0.25, -0.2) is 0 Å². The lowest BCUT2D eigenvalue weighted by molar-refractivity contribution is -0.0564. The number of halogens is 3. The second-order valence-corrected chi connectivity index (χ2v) is 2.48. The molecule has 0 bridgehead atoms. The third-order valence-electron chi connectivity index (χ3n) is 1.03. The van der Waals surface area contributed by atoms with E-state index in [4.69, 9.17) is 0 Å². The van der Waals surface area contributed by atoms with Crippen molar-refractivity contribution in [3.8, 4) is 0 Å². The summed E-state index contributed by atoms with van der Waals surface area (Å²) in [6.45, 7) is 3.39. The molecule has 0 unspecified atom stereocenters. The van der Waals surface area contributed by atoms with Crippen molar-refractivity contribution in [2.24, 2.45) is 9.98 Å². The smallest absolute Gasteiger partial charge is 0.288 e. The minimum Gasteiger partial charge on any atom is -0.288 e. The van der Waals surface area contributed by atoms with Crippen LogP contribution in [0.5, 0.6) is 0 Å². The lowest BCUT2D eigenvalue weighted by Crippen LogP contribution is -2.24. The monoisotopic (exact) mass is 180 g/mol. The van der Waals surface area contributed by atoms with E-state index in [2.05, 4.69) is 9.98 Å². The highest BCUT2D eigenvalue weighted by atomic mass is 19.4. The van der Waals surface area contributed by atoms with Gasteiger partial charge in [0.15, 0.2) is 5.71 Å². The topological polar surface area (TPSA) is 24.7 Å². The summed E-state index contributed by atoms with van der Waals surface area (Å²) >= 11 is 0. The molecule has 2 nitrogen and oxygen atoms in total. The fraction of sp³-hybridized carbons (Fsp3) is 0.714. The Morgan fingerprint density at radius 3 is 2.08 bits per heavy atom. The van der Waals surface area contributed by atoms with Gasteiger partial charge in [-0.1, -0.05) is 0 Å². The van der Waals surface area contributed by atoms with E-state index in [1.807, 2.05) is 0 Å². The van der Waals surface area contributed by atoms with Crippen molar-refractivity contribution >= 4 is 11.9 Å². The lowest BCUT2D eigenvalue weighted by Gasteiger charge is -2.04. The molecular formula is C7H11F3N2. The maximum absolute atomic E-state index is 11.9. The molecule has 0 aromatic rings. The second-order valence-electron chi connectivity index (χ2n) is 2.48. The van der Waals surface area contributed by atoms with Crippen LogP contribution in [-0.2, 0) is 0 Å². The SMILES string of the molecule is CN=C(C=NC(C)C)C(F)(F)F. The third kappa shape index (κ3) is 4.10. The van der Waals surface area contributed by atoms with E-state index in [0.717, 1.165) is 13.3 Å². The Morgan fingerprint density at radius 2 is 1.83 bits per heavy atom. The first-order valence-corrected chi connectivity index (χ1v) is 3.45. The zero-order valence-electron chi connectivity index (χ0n) is 7.18. The Balaban J connectivity index is 4.42. The quantitative estimate of drug-likeness (QED) is 0.581. The maximum atomic E-state index is 11.9. The molecule has 0 N–H and O–H groups in total. The summed E-state index contributed by atoms with van der Waals surface area (Å²) in [6.07, 6.45) is -3.64. The predicted octanol–water partition coefficient (Wildman–Crippen LogP) is 2.10. The summed E-state index contributed by atoms with van der Waals surface area (Å²) in [6, 6.07) is -0.149. The largest absolute Gasteiger partial charge is 0.434 e. The Morgan fingerprint density at radius 1 is 1.33 bits per heavy atom. The first-order chi connectivity index (χ1) is 5.38. The van der Waals surface area contributed by atoms with Gasteiger partial charge in [0, 0.05) is 13.1 Å². The summed E-state index contributed by atoms with van der Waals surface area (Å²) in [5.41, 5.74) is -0.948. The lowest BCUT2D eigenvalue weighted by atomic mass is 10.3. The summed E-state index contributed by atoms with van der Waals surface area (Å²) in [7, 11) is 1.09. The van der Waals surface area contributed by atoms with Crippen LogP contribution >= 0.6 is 0 Å². The van der Waals surface area contributed by atoms with Crippen LogP contribution in [-0.4, -0.2) is 31.2 Å². The zero-order valence-corrected chi connectivity index (χ0v) is 7.18. The maximum Gasteiger partial charge on any atom is 0.434 e. The van der Waals surface area contributed by atoms with Crippen LogP contribution in [0.15, 0.2) is 9.98 Å². The summed E-state index contributed by atoms with van der Waals surface area (Å²) < 4.78 is 35.8. The summed E-state index contributed by atoms with van der Waals surface area (Å²) in [5, 5.41) is 0. The van der Waals surface area contributed by atoms with Gasteiger partial charge in [-0.05, 0) is 13.8 Å². The Hall–Kier alpha value is -0.870. The van der Waals surface area contributed by atoms with Gasteiger partial charge in [0.2, 0.25) is 0 Å². The molecule has 0 atom stereocenters. The second kappa shape index (κ2) is 4.23. The fourth-order valence-corrected chi connectivity index (χ4v) is 0.477. The first kappa shape index (κ1) is 11.1. The van der Waals surface area contributed by atoms with Crippen molar-refractivity contribution in [1.82, 2.24) is 0 Å². The van der Waals surface area contributed by atoms with Crippen LogP contribution in [0.4, 0.5) is 13.2 Å². The fourth-order valence-electron chi connectivity index (χ4n) is 0.477. The molecule has 70 valence electrons. The molecule has 0 amide bonds. The van der Waals surface area contributed by atoms with Crippen LogP contribution in [0.3, 0.4) is 0 Å². The predicted molar refractivity (Wildman–Crippen MR) is 43.0 cm³/mol. The molecule has 0 aliphatic heterocycles. The van der Waals surface area contributed by atoms with Gasteiger partial charge >= 0.3 is 6.18 Å². The zero-order chi connectivity index (χ0) is 9.78. The standard InChI is InChI=1S/C7H11F3N2/c1-5(2)12-4-6(11-3)7(8,9)10/h4-5H,1-3H3. The molecule has 0 spiro atoms. The van der Waals surface area contributed by atoms with Crippen molar-refractivity contribution in [3.05, 3.63) is 0 Å². The van der Waals surface area contributed by atoms with Gasteiger partial charge in [0.05, 0.1) is 6.21 Å². The molecule has 0 saturated heterocycles. The molecule has 0 aliphatic rings. The van der Waals surface area contributed by atoms with E-state index in [1.165, 1.54) is 0 Å². The molecule has 5 heteroatoms. The Labute approximate surface area is 69.2 Å². The summed E-state index contributed by atoms with van der Waals surface area (Å²) in [5.74, 6) is 0. The number of rotatable bonds is 2. The molecule has 0 heterocycles. The Kier molecular flexibility index (Phi) is 3.92. The molecule has 0 saturated carbocycles. The number of nitrogens with zero attached hydrogens (tertiary/aromatic N) is 2. The highest BCUT2D eigenvalue weighted by Crippen LogP contribution is 2.15. The highest BCUT2D eigenvalue weighted by molar-refractivity contribution is 6.33. The van der Waals surface area contributed by atoms with Crippen molar-refractivity contribution < 1.29 is 13.2 Å². The molecule has 0 fully saturated rings. The van der Waals surface area contributed by atoms with Gasteiger partial charge in [-0.3, -0.25) is 9.98 Å². The van der Waals surface area contributed by atoms with Gasteiger partial charge < -0.3 is 0 Å². The van der Waals surface area contributed by atoms with Crippen molar-refractivity contribution in [2.45, 2.75) is 26.1 Å². The van der Waals surface area contributed by atoms with Crippen LogP contribution in [0.1, 0.15) is 13.8 Å². The average Bonchev–Trinajstić information content (AvgIpc) is 1.85. The Bertz CT molecular complexity index is 191. The van der Waals surface area contributed by atoms with E-state index in [9.17, 15) is 13.2 Å². The highest BCUT2D eigenvalue weighted by Gasteiger charge is 2.33. The van der Waals surface area contributed by atoms with Gasteiger partial charge in [-0.15, -0.1) is 0 Å². The van der Waals surface area contributed by atoms with E-state index in [-0.39, 0.29) is 6.04 Å². The molecule has 0 rings (SSSR count). The van der Waals surface area contributed by atoms with Crippen molar-refractivity contribution in [2.75, 3.05) is 7.05 Å². The molecule has 0 aliphatic carbocycles. The first-order valence-electron chi connectivity index (χ1n) is 3.45. The van der Waals surface area contributed by atoms with Gasteiger partial charge in [0.25, 0.3) is 0 Å². The number of hydrogen-bond acceptors (Lipinski definition) is 2. The molecule has 0 aromatic carbocycles. The number of hydrogen-bond donors (Lipinski definition) is 0. The van der Waals surface area contributed by atoms with E-state index >= 15 is 0 Å². The molecule has 12 heavy (non-hydrogen) atoms. The van der Waals surface area contributed by atoms with Crippen LogP contribution < -0.4 is 0 Å². The van der Waals surface area contributed by atoms with E-state index in [1.54, 1.807) is 13.8 Å². The molecular weight excluding hydrogens is 169 g/mol. The van der Waals surface area contributed by atoms with E-state index in [0.29, 0.717) is 0 Å². The third-order valence-corrected chi connectivity index (χ3v) is 1.03. The normalized spacial score (nSPS) is 14.8. The minimum absolute atomic E-state index is 0.149. The average molecular weight is 180 g/mol. The number of aliphatic imine (C=N–C) groups is 2. The van der Waals surface area contributed by atoms with Crippen molar-refractivity contribution in [3.63, 3.8) is 0 Å². The molecule has 0 aromatic heterocycles. The van der Waals surface area contributed by atoms with Crippen LogP contribution in [0.2, 0.25) is 0 Å².